The first-order valence-electron chi connectivity index (χ1n) is 8.26. The van der Waals surface area contributed by atoms with Gasteiger partial charge in [-0.1, -0.05) is 35.6 Å². The van der Waals surface area contributed by atoms with E-state index in [4.69, 9.17) is 4.74 Å². The van der Waals surface area contributed by atoms with Gasteiger partial charge in [0.05, 0.1) is 28.4 Å². The number of carbonyl (C=O) groups is 1. The SMILES string of the molecule is O=C(c1ccccc1F)N(C[C@@H]1CCCO1)c1nc2ccccc2s1. The molecule has 1 amide bonds. The zero-order valence-electron chi connectivity index (χ0n) is 13.5. The lowest BCUT2D eigenvalue weighted by Gasteiger charge is -2.23. The zero-order valence-corrected chi connectivity index (χ0v) is 14.3. The van der Waals surface area contributed by atoms with Gasteiger partial charge < -0.3 is 4.74 Å². The molecule has 3 aromatic rings. The fourth-order valence-corrected chi connectivity index (χ4v) is 3.97. The first-order valence-corrected chi connectivity index (χ1v) is 9.07. The Bertz CT molecular complexity index is 872. The van der Waals surface area contributed by atoms with Crippen LogP contribution < -0.4 is 4.90 Å². The lowest BCUT2D eigenvalue weighted by atomic mass is 10.1. The lowest BCUT2D eigenvalue weighted by molar-refractivity contribution is 0.0914. The van der Waals surface area contributed by atoms with Gasteiger partial charge in [0.2, 0.25) is 0 Å². The summed E-state index contributed by atoms with van der Waals surface area (Å²) in [6, 6.07) is 13.8. The van der Waals surface area contributed by atoms with Crippen molar-refractivity contribution in [1.29, 1.82) is 0 Å². The third kappa shape index (κ3) is 3.27. The van der Waals surface area contributed by atoms with Crippen LogP contribution in [0.5, 0.6) is 0 Å². The fraction of sp³-hybridized carbons (Fsp3) is 0.263. The molecule has 128 valence electrons. The smallest absolute Gasteiger partial charge is 0.263 e. The molecule has 0 bridgehead atoms. The van der Waals surface area contributed by atoms with Crippen LogP contribution in [0.2, 0.25) is 0 Å². The van der Waals surface area contributed by atoms with E-state index in [9.17, 15) is 9.18 Å². The number of carbonyl (C=O) groups excluding carboxylic acids is 1. The van der Waals surface area contributed by atoms with Gasteiger partial charge in [-0.05, 0) is 37.1 Å². The number of anilines is 1. The summed E-state index contributed by atoms with van der Waals surface area (Å²) in [4.78, 5) is 19.2. The molecule has 0 saturated carbocycles. The standard InChI is InChI=1S/C19H17FN2O2S/c20-15-8-2-1-7-14(15)18(23)22(12-13-6-5-11-24-13)19-21-16-9-3-4-10-17(16)25-19/h1-4,7-10,13H,5-6,11-12H2/t13-/m0/s1. The van der Waals surface area contributed by atoms with Crippen LogP contribution in [0, 0.1) is 5.82 Å². The Balaban J connectivity index is 1.72. The summed E-state index contributed by atoms with van der Waals surface area (Å²) in [6.07, 6.45) is 1.83. The maximum absolute atomic E-state index is 14.1. The van der Waals surface area contributed by atoms with Gasteiger partial charge in [0, 0.05) is 6.61 Å². The largest absolute Gasteiger partial charge is 0.376 e. The highest BCUT2D eigenvalue weighted by Crippen LogP contribution is 2.31. The summed E-state index contributed by atoms with van der Waals surface area (Å²) in [5.74, 6) is -0.904. The summed E-state index contributed by atoms with van der Waals surface area (Å²) in [7, 11) is 0. The van der Waals surface area contributed by atoms with E-state index in [1.807, 2.05) is 24.3 Å². The number of amides is 1. The van der Waals surface area contributed by atoms with E-state index in [1.54, 1.807) is 17.0 Å². The Labute approximate surface area is 148 Å². The van der Waals surface area contributed by atoms with Crippen molar-refractivity contribution in [1.82, 2.24) is 4.98 Å². The molecule has 1 aliphatic heterocycles. The van der Waals surface area contributed by atoms with Crippen molar-refractivity contribution in [2.75, 3.05) is 18.1 Å². The minimum Gasteiger partial charge on any atom is -0.376 e. The summed E-state index contributed by atoms with van der Waals surface area (Å²) < 4.78 is 20.8. The van der Waals surface area contributed by atoms with Crippen LogP contribution in [0.25, 0.3) is 10.2 Å². The Morgan fingerprint density at radius 3 is 2.80 bits per heavy atom. The Kier molecular flexibility index (Phi) is 4.46. The van der Waals surface area contributed by atoms with Crippen molar-refractivity contribution in [2.45, 2.75) is 18.9 Å². The van der Waals surface area contributed by atoms with Gasteiger partial charge in [0.15, 0.2) is 5.13 Å². The van der Waals surface area contributed by atoms with Gasteiger partial charge >= 0.3 is 0 Å². The van der Waals surface area contributed by atoms with Gasteiger partial charge in [-0.25, -0.2) is 9.37 Å². The van der Waals surface area contributed by atoms with Crippen LogP contribution in [-0.2, 0) is 4.74 Å². The Hall–Kier alpha value is -2.31. The second-order valence-corrected chi connectivity index (χ2v) is 7.00. The second kappa shape index (κ2) is 6.90. The van der Waals surface area contributed by atoms with Crippen LogP contribution in [0.4, 0.5) is 9.52 Å². The van der Waals surface area contributed by atoms with E-state index in [0.29, 0.717) is 18.3 Å². The summed E-state index contributed by atoms with van der Waals surface area (Å²) in [6.45, 7) is 1.08. The Morgan fingerprint density at radius 1 is 1.24 bits per heavy atom. The third-order valence-corrected chi connectivity index (χ3v) is 5.33. The number of halogens is 1. The van der Waals surface area contributed by atoms with Crippen LogP contribution in [0.1, 0.15) is 23.2 Å². The van der Waals surface area contributed by atoms with E-state index >= 15 is 0 Å². The van der Waals surface area contributed by atoms with Crippen LogP contribution in [0.3, 0.4) is 0 Å². The first-order chi connectivity index (χ1) is 12.2. The number of thiazole rings is 1. The molecule has 2 heterocycles. The highest BCUT2D eigenvalue weighted by Gasteiger charge is 2.28. The molecule has 1 fully saturated rings. The van der Waals surface area contributed by atoms with Crippen molar-refractivity contribution >= 4 is 32.6 Å². The number of ether oxygens (including phenoxy) is 1. The minimum absolute atomic E-state index is 0.0391. The quantitative estimate of drug-likeness (QED) is 0.701. The second-order valence-electron chi connectivity index (χ2n) is 5.99. The predicted molar refractivity (Wildman–Crippen MR) is 96.7 cm³/mol. The highest BCUT2D eigenvalue weighted by molar-refractivity contribution is 7.22. The average molecular weight is 356 g/mol. The van der Waals surface area contributed by atoms with E-state index in [-0.39, 0.29) is 17.6 Å². The molecule has 1 aromatic heterocycles. The average Bonchev–Trinajstić information content (AvgIpc) is 3.28. The van der Waals surface area contributed by atoms with Crippen LogP contribution >= 0.6 is 11.3 Å². The molecule has 0 unspecified atom stereocenters. The molecule has 1 atom stereocenters. The molecule has 0 aliphatic carbocycles. The number of para-hydroxylation sites is 1. The maximum atomic E-state index is 14.1. The van der Waals surface area contributed by atoms with Crippen molar-refractivity contribution < 1.29 is 13.9 Å². The monoisotopic (exact) mass is 356 g/mol. The molecule has 0 radical (unpaired) electrons. The molecular weight excluding hydrogens is 339 g/mol. The number of rotatable bonds is 4. The van der Waals surface area contributed by atoms with E-state index in [0.717, 1.165) is 23.1 Å². The van der Waals surface area contributed by atoms with Gasteiger partial charge in [-0.2, -0.15) is 0 Å². The molecule has 4 nitrogen and oxygen atoms in total. The van der Waals surface area contributed by atoms with Crippen LogP contribution in [0.15, 0.2) is 48.5 Å². The summed E-state index contributed by atoms with van der Waals surface area (Å²) >= 11 is 1.43. The highest BCUT2D eigenvalue weighted by atomic mass is 32.1. The van der Waals surface area contributed by atoms with E-state index < -0.39 is 5.82 Å². The molecule has 4 rings (SSSR count). The fourth-order valence-electron chi connectivity index (χ4n) is 3.00. The predicted octanol–water partition coefficient (Wildman–Crippen LogP) is 4.26. The molecule has 2 aromatic carbocycles. The van der Waals surface area contributed by atoms with Gasteiger partial charge in [0.25, 0.3) is 5.91 Å². The van der Waals surface area contributed by atoms with Crippen molar-refractivity contribution in [3.8, 4) is 0 Å². The summed E-state index contributed by atoms with van der Waals surface area (Å²) in [5.41, 5.74) is 0.890. The normalized spacial score (nSPS) is 17.1. The number of fused-ring (bicyclic) bond motifs is 1. The molecule has 0 spiro atoms. The van der Waals surface area contributed by atoms with E-state index in [2.05, 4.69) is 4.98 Å². The van der Waals surface area contributed by atoms with Gasteiger partial charge in [0.1, 0.15) is 5.82 Å². The molecule has 6 heteroatoms. The third-order valence-electron chi connectivity index (χ3n) is 4.27. The van der Waals surface area contributed by atoms with Crippen molar-refractivity contribution in [2.24, 2.45) is 0 Å². The summed E-state index contributed by atoms with van der Waals surface area (Å²) in [5, 5.41) is 0.574. The molecule has 25 heavy (non-hydrogen) atoms. The zero-order chi connectivity index (χ0) is 17.2. The number of hydrogen-bond acceptors (Lipinski definition) is 4. The minimum atomic E-state index is -0.522. The van der Waals surface area contributed by atoms with E-state index in [1.165, 1.54) is 23.5 Å². The molecule has 0 N–H and O–H groups in total. The van der Waals surface area contributed by atoms with Gasteiger partial charge in [-0.3, -0.25) is 9.69 Å². The number of nitrogens with zero attached hydrogens (tertiary/aromatic N) is 2. The lowest BCUT2D eigenvalue weighted by Crippen LogP contribution is -2.37. The Morgan fingerprint density at radius 2 is 2.04 bits per heavy atom. The van der Waals surface area contributed by atoms with Crippen molar-refractivity contribution in [3.63, 3.8) is 0 Å². The molecular formula is C19H17FN2O2S. The van der Waals surface area contributed by atoms with Crippen molar-refractivity contribution in [3.05, 3.63) is 59.9 Å². The number of aromatic nitrogens is 1. The maximum Gasteiger partial charge on any atom is 0.263 e. The molecule has 1 aliphatic rings. The topological polar surface area (TPSA) is 42.4 Å². The number of benzene rings is 2. The number of hydrogen-bond donors (Lipinski definition) is 0. The van der Waals surface area contributed by atoms with Crippen LogP contribution in [-0.4, -0.2) is 30.1 Å². The first kappa shape index (κ1) is 16.2. The van der Waals surface area contributed by atoms with Gasteiger partial charge in [-0.15, -0.1) is 0 Å². The molecule has 1 saturated heterocycles.